The Balaban J connectivity index is 1.56. The fourth-order valence-electron chi connectivity index (χ4n) is 3.60. The van der Waals surface area contributed by atoms with E-state index in [2.05, 4.69) is 15.3 Å². The first-order valence-corrected chi connectivity index (χ1v) is 8.12. The van der Waals surface area contributed by atoms with Crippen LogP contribution < -0.4 is 5.56 Å². The third-order valence-corrected chi connectivity index (χ3v) is 4.79. The number of H-pyrrole nitrogens is 1. The van der Waals surface area contributed by atoms with Crippen molar-refractivity contribution in [2.75, 3.05) is 6.54 Å². The van der Waals surface area contributed by atoms with E-state index in [0.29, 0.717) is 18.7 Å². The van der Waals surface area contributed by atoms with Crippen molar-refractivity contribution < 1.29 is 4.79 Å². The number of nitrogens with one attached hydrogen (secondary N) is 1. The number of likely N-dealkylation sites (tertiary alicyclic amines) is 1. The molecule has 1 fully saturated rings. The molecule has 0 radical (unpaired) electrons. The van der Waals surface area contributed by atoms with Crippen molar-refractivity contribution in [2.45, 2.75) is 44.7 Å². The second kappa shape index (κ2) is 5.64. The first-order valence-electron chi connectivity index (χ1n) is 8.12. The summed E-state index contributed by atoms with van der Waals surface area (Å²) < 4.78 is 1.54. The zero-order chi connectivity index (χ0) is 15.8. The van der Waals surface area contributed by atoms with E-state index in [1.807, 2.05) is 4.90 Å². The van der Waals surface area contributed by atoms with Crippen LogP contribution in [0.25, 0.3) is 0 Å². The van der Waals surface area contributed by atoms with E-state index in [9.17, 15) is 9.59 Å². The van der Waals surface area contributed by atoms with E-state index in [4.69, 9.17) is 0 Å². The molecule has 1 aliphatic carbocycles. The Hall–Kier alpha value is -2.44. The summed E-state index contributed by atoms with van der Waals surface area (Å²) in [6, 6.07) is 1.73. The van der Waals surface area contributed by atoms with Crippen molar-refractivity contribution in [2.24, 2.45) is 0 Å². The lowest BCUT2D eigenvalue weighted by atomic mass is 10.2. The van der Waals surface area contributed by atoms with E-state index in [0.717, 1.165) is 43.4 Å². The van der Waals surface area contributed by atoms with Crippen LogP contribution in [0, 0.1) is 0 Å². The standard InChI is InChI=1S/C16H19N5O2/c22-15-7-11-3-1-5-14(11)19-21(15)10-13-4-2-6-20(13)16(23)12-8-17-18-9-12/h7-9,13H,1-6,10H2,(H,17,18). The molecule has 23 heavy (non-hydrogen) atoms. The van der Waals surface area contributed by atoms with Crippen molar-refractivity contribution >= 4 is 5.91 Å². The maximum absolute atomic E-state index is 12.5. The molecule has 1 saturated heterocycles. The molecule has 2 aromatic rings. The average Bonchev–Trinajstić information content (AvgIpc) is 3.28. The molecular formula is C16H19N5O2. The summed E-state index contributed by atoms with van der Waals surface area (Å²) in [4.78, 5) is 26.6. The van der Waals surface area contributed by atoms with E-state index >= 15 is 0 Å². The van der Waals surface area contributed by atoms with Crippen LogP contribution in [0.5, 0.6) is 0 Å². The number of hydrogen-bond acceptors (Lipinski definition) is 4. The minimum atomic E-state index is -0.0618. The smallest absolute Gasteiger partial charge is 0.267 e. The van der Waals surface area contributed by atoms with Gasteiger partial charge >= 0.3 is 0 Å². The molecule has 0 saturated carbocycles. The first kappa shape index (κ1) is 14.2. The number of rotatable bonds is 3. The van der Waals surface area contributed by atoms with E-state index < -0.39 is 0 Å². The number of carbonyl (C=O) groups is 1. The van der Waals surface area contributed by atoms with Crippen molar-refractivity contribution in [3.63, 3.8) is 0 Å². The normalized spacial score (nSPS) is 20.0. The number of hydrogen-bond donors (Lipinski definition) is 1. The van der Waals surface area contributed by atoms with Gasteiger partial charge in [0.1, 0.15) is 0 Å². The lowest BCUT2D eigenvalue weighted by molar-refractivity contribution is 0.0720. The number of aromatic amines is 1. The monoisotopic (exact) mass is 313 g/mol. The highest BCUT2D eigenvalue weighted by atomic mass is 16.2. The minimum Gasteiger partial charge on any atom is -0.334 e. The molecule has 2 aliphatic rings. The summed E-state index contributed by atoms with van der Waals surface area (Å²) in [5.41, 5.74) is 2.62. The fourth-order valence-corrected chi connectivity index (χ4v) is 3.60. The SMILES string of the molecule is O=C(c1cn[nH]c1)N1CCCC1Cn1nc2c(cc1=O)CCC2. The lowest BCUT2D eigenvalue weighted by Gasteiger charge is -2.24. The van der Waals surface area contributed by atoms with Gasteiger partial charge in [-0.15, -0.1) is 0 Å². The lowest BCUT2D eigenvalue weighted by Crippen LogP contribution is -2.40. The molecule has 4 rings (SSSR count). The number of fused-ring (bicyclic) bond motifs is 1. The topological polar surface area (TPSA) is 83.9 Å². The molecule has 7 heteroatoms. The van der Waals surface area contributed by atoms with Crippen LogP contribution in [0.3, 0.4) is 0 Å². The van der Waals surface area contributed by atoms with E-state index in [-0.39, 0.29) is 17.5 Å². The van der Waals surface area contributed by atoms with Crippen molar-refractivity contribution in [3.8, 4) is 0 Å². The number of aromatic nitrogens is 4. The molecular weight excluding hydrogens is 294 g/mol. The molecule has 7 nitrogen and oxygen atoms in total. The molecule has 3 heterocycles. The molecule has 1 N–H and O–H groups in total. The van der Waals surface area contributed by atoms with Crippen LogP contribution in [0.15, 0.2) is 23.3 Å². The van der Waals surface area contributed by atoms with Gasteiger partial charge in [-0.25, -0.2) is 4.68 Å². The highest BCUT2D eigenvalue weighted by molar-refractivity contribution is 5.94. The predicted molar refractivity (Wildman–Crippen MR) is 83.2 cm³/mol. The van der Waals surface area contributed by atoms with Crippen LogP contribution >= 0.6 is 0 Å². The third kappa shape index (κ3) is 2.56. The predicted octanol–water partition coefficient (Wildman–Crippen LogP) is 0.760. The van der Waals surface area contributed by atoms with E-state index in [1.165, 1.54) is 10.9 Å². The maximum atomic E-state index is 12.5. The van der Waals surface area contributed by atoms with Crippen molar-refractivity contribution in [3.05, 3.63) is 45.6 Å². The van der Waals surface area contributed by atoms with Gasteiger partial charge in [-0.3, -0.25) is 14.7 Å². The van der Waals surface area contributed by atoms with Crippen LogP contribution in [0.1, 0.15) is 40.9 Å². The van der Waals surface area contributed by atoms with Gasteiger partial charge < -0.3 is 4.90 Å². The Morgan fingerprint density at radius 3 is 3.09 bits per heavy atom. The van der Waals surface area contributed by atoms with Gasteiger partial charge in [0.25, 0.3) is 11.5 Å². The highest BCUT2D eigenvalue weighted by Crippen LogP contribution is 2.22. The second-order valence-electron chi connectivity index (χ2n) is 6.27. The molecule has 1 unspecified atom stereocenters. The van der Waals surface area contributed by atoms with Crippen LogP contribution in [0.4, 0.5) is 0 Å². The number of aryl methyl sites for hydroxylation is 2. The van der Waals surface area contributed by atoms with Gasteiger partial charge in [0.15, 0.2) is 0 Å². The molecule has 0 bridgehead atoms. The van der Waals surface area contributed by atoms with Crippen molar-refractivity contribution in [1.29, 1.82) is 0 Å². The summed E-state index contributed by atoms with van der Waals surface area (Å²) in [7, 11) is 0. The number of carbonyl (C=O) groups excluding carboxylic acids is 1. The number of nitrogens with zero attached hydrogens (tertiary/aromatic N) is 4. The molecule has 120 valence electrons. The Morgan fingerprint density at radius 1 is 1.35 bits per heavy atom. The van der Waals surface area contributed by atoms with Gasteiger partial charge in [0.05, 0.1) is 30.0 Å². The second-order valence-corrected chi connectivity index (χ2v) is 6.27. The molecule has 2 aromatic heterocycles. The summed E-state index contributed by atoms with van der Waals surface area (Å²) in [6.45, 7) is 1.18. The molecule has 0 aromatic carbocycles. The zero-order valence-electron chi connectivity index (χ0n) is 12.9. The van der Waals surface area contributed by atoms with Crippen molar-refractivity contribution in [1.82, 2.24) is 24.9 Å². The Labute approximate surface area is 133 Å². The molecule has 1 aliphatic heterocycles. The van der Waals surface area contributed by atoms with Crippen LogP contribution in [-0.4, -0.2) is 43.4 Å². The van der Waals surface area contributed by atoms with Gasteiger partial charge in [-0.1, -0.05) is 0 Å². The Bertz CT molecular complexity index is 780. The van der Waals surface area contributed by atoms with Gasteiger partial charge in [0, 0.05) is 18.8 Å². The summed E-state index contributed by atoms with van der Waals surface area (Å²) in [6.07, 6.45) is 7.96. The van der Waals surface area contributed by atoms with Crippen LogP contribution in [-0.2, 0) is 19.4 Å². The summed E-state index contributed by atoms with van der Waals surface area (Å²) in [5.74, 6) is -0.0320. The van der Waals surface area contributed by atoms with Gasteiger partial charge in [-0.05, 0) is 37.7 Å². The molecule has 1 atom stereocenters. The molecule has 1 amide bonds. The van der Waals surface area contributed by atoms with Gasteiger partial charge in [-0.2, -0.15) is 10.2 Å². The van der Waals surface area contributed by atoms with Crippen LogP contribution in [0.2, 0.25) is 0 Å². The fraction of sp³-hybridized carbons (Fsp3) is 0.500. The Morgan fingerprint density at radius 2 is 2.26 bits per heavy atom. The third-order valence-electron chi connectivity index (χ3n) is 4.79. The largest absolute Gasteiger partial charge is 0.334 e. The maximum Gasteiger partial charge on any atom is 0.267 e. The van der Waals surface area contributed by atoms with Gasteiger partial charge in [0.2, 0.25) is 0 Å². The summed E-state index contributed by atoms with van der Waals surface area (Å²) >= 11 is 0. The van der Waals surface area contributed by atoms with E-state index in [1.54, 1.807) is 12.3 Å². The molecule has 0 spiro atoms. The Kier molecular flexibility index (Phi) is 3.48. The minimum absolute atomic E-state index is 0.0158. The average molecular weight is 313 g/mol. The zero-order valence-corrected chi connectivity index (χ0v) is 12.9. The first-order chi connectivity index (χ1) is 11.2. The number of amides is 1. The summed E-state index contributed by atoms with van der Waals surface area (Å²) in [5, 5.41) is 11.0. The highest BCUT2D eigenvalue weighted by Gasteiger charge is 2.30. The quantitative estimate of drug-likeness (QED) is 0.907.